The van der Waals surface area contributed by atoms with E-state index in [1.165, 1.54) is 11.3 Å². The van der Waals surface area contributed by atoms with Crippen LogP contribution >= 0.6 is 11.3 Å². The third-order valence-corrected chi connectivity index (χ3v) is 5.63. The van der Waals surface area contributed by atoms with Crippen molar-refractivity contribution < 1.29 is 9.84 Å². The summed E-state index contributed by atoms with van der Waals surface area (Å²) in [7, 11) is 0. The Balaban J connectivity index is 1.42. The molecule has 0 aromatic carbocycles. The number of anilines is 3. The molecule has 2 saturated heterocycles. The minimum absolute atomic E-state index is 0.0451. The summed E-state index contributed by atoms with van der Waals surface area (Å²) in [6.07, 6.45) is 3.80. The molecule has 2 aromatic heterocycles. The zero-order chi connectivity index (χ0) is 17.8. The molecule has 4 rings (SSSR count). The number of morpholine rings is 1. The van der Waals surface area contributed by atoms with Gasteiger partial charge in [-0.15, -0.1) is 11.3 Å². The van der Waals surface area contributed by atoms with Gasteiger partial charge >= 0.3 is 0 Å². The van der Waals surface area contributed by atoms with E-state index in [9.17, 15) is 5.11 Å². The molecule has 2 fully saturated rings. The molecule has 140 valence electrons. The van der Waals surface area contributed by atoms with Crippen molar-refractivity contribution in [3.8, 4) is 0 Å². The van der Waals surface area contributed by atoms with Gasteiger partial charge in [-0.05, 0) is 12.8 Å². The van der Waals surface area contributed by atoms with Crippen LogP contribution in [-0.4, -0.2) is 65.5 Å². The maximum absolute atomic E-state index is 9.49. The summed E-state index contributed by atoms with van der Waals surface area (Å²) < 4.78 is 5.41. The summed E-state index contributed by atoms with van der Waals surface area (Å²) in [5.41, 5.74) is 1.80. The number of ether oxygens (including phenoxy) is 1. The SMILES string of the molecule is OCc1scnc1N1CCC[C@@H](Nc2cc(N3CCOCC3)ncn2)C1. The summed E-state index contributed by atoms with van der Waals surface area (Å²) >= 11 is 1.51. The van der Waals surface area contributed by atoms with Crippen LogP contribution < -0.4 is 15.1 Å². The first-order valence-electron chi connectivity index (χ1n) is 9.03. The molecule has 26 heavy (non-hydrogen) atoms. The first kappa shape index (κ1) is 17.4. The maximum Gasteiger partial charge on any atom is 0.145 e. The lowest BCUT2D eigenvalue weighted by atomic mass is 10.1. The average Bonchev–Trinajstić information content (AvgIpc) is 3.18. The zero-order valence-electron chi connectivity index (χ0n) is 14.7. The van der Waals surface area contributed by atoms with Crippen molar-refractivity contribution >= 4 is 28.8 Å². The highest BCUT2D eigenvalue weighted by Gasteiger charge is 2.24. The highest BCUT2D eigenvalue weighted by Crippen LogP contribution is 2.27. The predicted molar refractivity (Wildman–Crippen MR) is 102 cm³/mol. The van der Waals surface area contributed by atoms with Gasteiger partial charge in [-0.1, -0.05) is 0 Å². The smallest absolute Gasteiger partial charge is 0.145 e. The summed E-state index contributed by atoms with van der Waals surface area (Å²) in [5, 5.41) is 13.0. The van der Waals surface area contributed by atoms with Crippen LogP contribution in [0.2, 0.25) is 0 Å². The Morgan fingerprint density at radius 1 is 1.19 bits per heavy atom. The number of aromatic nitrogens is 3. The molecule has 0 amide bonds. The van der Waals surface area contributed by atoms with Crippen molar-refractivity contribution in [2.45, 2.75) is 25.5 Å². The van der Waals surface area contributed by atoms with E-state index >= 15 is 0 Å². The maximum atomic E-state index is 9.49. The molecule has 2 N–H and O–H groups in total. The highest BCUT2D eigenvalue weighted by atomic mass is 32.1. The molecule has 9 heteroatoms. The number of rotatable bonds is 5. The van der Waals surface area contributed by atoms with Crippen LogP contribution in [0, 0.1) is 0 Å². The monoisotopic (exact) mass is 376 g/mol. The lowest BCUT2D eigenvalue weighted by Crippen LogP contribution is -2.43. The Hall–Kier alpha value is -1.97. The standard InChI is InChI=1S/C17H24N6O2S/c24-10-14-17(20-12-26-14)23-3-1-2-13(9-23)21-15-8-16(19-11-18-15)22-4-6-25-7-5-22/h8,11-13,24H,1-7,9-10H2,(H,18,19,21)/t13-/m1/s1. The van der Waals surface area contributed by atoms with E-state index in [1.807, 2.05) is 6.07 Å². The molecular weight excluding hydrogens is 352 g/mol. The fourth-order valence-electron chi connectivity index (χ4n) is 3.52. The summed E-state index contributed by atoms with van der Waals surface area (Å²) in [5.74, 6) is 2.72. The van der Waals surface area contributed by atoms with Gasteiger partial charge in [-0.25, -0.2) is 15.0 Å². The molecule has 4 heterocycles. The first-order chi connectivity index (χ1) is 12.8. The highest BCUT2D eigenvalue weighted by molar-refractivity contribution is 7.10. The first-order valence-corrected chi connectivity index (χ1v) is 9.91. The number of nitrogens with one attached hydrogen (secondary N) is 1. The molecule has 0 spiro atoms. The Morgan fingerprint density at radius 2 is 2.08 bits per heavy atom. The fourth-order valence-corrected chi connectivity index (χ4v) is 4.16. The third-order valence-electron chi connectivity index (χ3n) is 4.82. The summed E-state index contributed by atoms with van der Waals surface area (Å²) in [4.78, 5) is 18.7. The topological polar surface area (TPSA) is 86.6 Å². The van der Waals surface area contributed by atoms with Crippen LogP contribution in [-0.2, 0) is 11.3 Å². The van der Waals surface area contributed by atoms with E-state index in [0.717, 1.165) is 74.6 Å². The van der Waals surface area contributed by atoms with Gasteiger partial charge in [0.05, 0.1) is 30.2 Å². The molecule has 0 bridgehead atoms. The predicted octanol–water partition coefficient (Wildman–Crippen LogP) is 1.34. The van der Waals surface area contributed by atoms with Crippen molar-refractivity contribution in [1.29, 1.82) is 0 Å². The van der Waals surface area contributed by atoms with Crippen LogP contribution in [0.5, 0.6) is 0 Å². The lowest BCUT2D eigenvalue weighted by Gasteiger charge is -2.34. The van der Waals surface area contributed by atoms with E-state index in [-0.39, 0.29) is 6.61 Å². The molecule has 0 saturated carbocycles. The van der Waals surface area contributed by atoms with Crippen molar-refractivity contribution in [3.63, 3.8) is 0 Å². The van der Waals surface area contributed by atoms with Crippen LogP contribution in [0.25, 0.3) is 0 Å². The Kier molecular flexibility index (Phi) is 5.47. The van der Waals surface area contributed by atoms with E-state index in [1.54, 1.807) is 11.8 Å². The van der Waals surface area contributed by atoms with E-state index < -0.39 is 0 Å². The van der Waals surface area contributed by atoms with Gasteiger partial charge in [-0.3, -0.25) is 0 Å². The number of aliphatic hydroxyl groups excluding tert-OH is 1. The van der Waals surface area contributed by atoms with Crippen molar-refractivity contribution in [2.75, 3.05) is 54.5 Å². The van der Waals surface area contributed by atoms with Gasteiger partial charge in [0.2, 0.25) is 0 Å². The quantitative estimate of drug-likeness (QED) is 0.809. The average molecular weight is 376 g/mol. The molecule has 0 unspecified atom stereocenters. The molecule has 2 aromatic rings. The Bertz CT molecular complexity index is 721. The second-order valence-electron chi connectivity index (χ2n) is 6.55. The van der Waals surface area contributed by atoms with Crippen LogP contribution in [0.3, 0.4) is 0 Å². The van der Waals surface area contributed by atoms with Crippen LogP contribution in [0.1, 0.15) is 17.7 Å². The van der Waals surface area contributed by atoms with Crippen molar-refractivity contribution in [3.05, 3.63) is 22.8 Å². The van der Waals surface area contributed by atoms with E-state index in [4.69, 9.17) is 4.74 Å². The van der Waals surface area contributed by atoms with Gasteiger partial charge in [0.1, 0.15) is 23.8 Å². The summed E-state index contributed by atoms with van der Waals surface area (Å²) in [6, 6.07) is 2.32. The van der Waals surface area contributed by atoms with Crippen LogP contribution in [0.15, 0.2) is 17.9 Å². The van der Waals surface area contributed by atoms with Crippen molar-refractivity contribution in [1.82, 2.24) is 15.0 Å². The Labute approximate surface area is 156 Å². The minimum atomic E-state index is 0.0451. The number of hydrogen-bond acceptors (Lipinski definition) is 9. The second-order valence-corrected chi connectivity index (χ2v) is 7.49. The normalized spacial score (nSPS) is 21.0. The number of nitrogens with zero attached hydrogens (tertiary/aromatic N) is 5. The molecule has 2 aliphatic rings. The molecule has 0 radical (unpaired) electrons. The third kappa shape index (κ3) is 3.89. The number of hydrogen-bond donors (Lipinski definition) is 2. The minimum Gasteiger partial charge on any atom is -0.391 e. The van der Waals surface area contributed by atoms with Crippen LogP contribution in [0.4, 0.5) is 17.5 Å². The van der Waals surface area contributed by atoms with E-state index in [0.29, 0.717) is 6.04 Å². The van der Waals surface area contributed by atoms with Crippen molar-refractivity contribution in [2.24, 2.45) is 0 Å². The summed E-state index contributed by atoms with van der Waals surface area (Å²) in [6.45, 7) is 5.08. The molecule has 2 aliphatic heterocycles. The van der Waals surface area contributed by atoms with Gasteiger partial charge in [0, 0.05) is 38.3 Å². The molecule has 0 aliphatic carbocycles. The van der Waals surface area contributed by atoms with Gasteiger partial charge < -0.3 is 25.0 Å². The number of piperidine rings is 1. The second kappa shape index (κ2) is 8.15. The fraction of sp³-hybridized carbons (Fsp3) is 0.588. The number of thiazole rings is 1. The largest absolute Gasteiger partial charge is 0.391 e. The Morgan fingerprint density at radius 3 is 2.92 bits per heavy atom. The number of aliphatic hydroxyl groups is 1. The molecule has 1 atom stereocenters. The van der Waals surface area contributed by atoms with Gasteiger partial charge in [0.25, 0.3) is 0 Å². The van der Waals surface area contributed by atoms with Gasteiger partial charge in [-0.2, -0.15) is 0 Å². The lowest BCUT2D eigenvalue weighted by molar-refractivity contribution is 0.122. The zero-order valence-corrected chi connectivity index (χ0v) is 15.5. The molecule has 8 nitrogen and oxygen atoms in total. The molecular formula is C17H24N6O2S. The van der Waals surface area contributed by atoms with E-state index in [2.05, 4.69) is 30.1 Å². The van der Waals surface area contributed by atoms with Gasteiger partial charge in [0.15, 0.2) is 0 Å².